The van der Waals surface area contributed by atoms with E-state index in [0.29, 0.717) is 12.4 Å². The number of amidine groups is 1. The second-order valence-corrected chi connectivity index (χ2v) is 5.97. The van der Waals surface area contributed by atoms with Crippen molar-refractivity contribution in [2.45, 2.75) is 5.92 Å². The summed E-state index contributed by atoms with van der Waals surface area (Å²) in [7, 11) is 0. The molecule has 0 spiro atoms. The molecule has 1 heterocycles. The predicted molar refractivity (Wildman–Crippen MR) is 101 cm³/mol. The molecule has 2 aliphatic rings. The average Bonchev–Trinajstić information content (AvgIpc) is 3.01. The van der Waals surface area contributed by atoms with E-state index in [1.807, 2.05) is 24.3 Å². The van der Waals surface area contributed by atoms with Crippen molar-refractivity contribution < 1.29 is 9.53 Å². The molecule has 2 aromatic carbocycles. The van der Waals surface area contributed by atoms with Gasteiger partial charge >= 0.3 is 6.09 Å². The first kappa shape index (κ1) is 16.1. The summed E-state index contributed by atoms with van der Waals surface area (Å²) in [6.45, 7) is 0.804. The maximum Gasteiger partial charge on any atom is 0.412 e. The van der Waals surface area contributed by atoms with E-state index in [-0.39, 0.29) is 12.5 Å². The van der Waals surface area contributed by atoms with Gasteiger partial charge in [-0.2, -0.15) is 0 Å². The third-order valence-electron chi connectivity index (χ3n) is 4.42. The van der Waals surface area contributed by atoms with E-state index in [4.69, 9.17) is 4.74 Å². The summed E-state index contributed by atoms with van der Waals surface area (Å²) >= 11 is 0. The van der Waals surface area contributed by atoms with Crippen LogP contribution in [0, 0.1) is 0 Å². The zero-order valence-electron chi connectivity index (χ0n) is 14.1. The van der Waals surface area contributed by atoms with Crippen molar-refractivity contribution >= 4 is 18.3 Å². The second kappa shape index (κ2) is 7.23. The minimum Gasteiger partial charge on any atom is -0.448 e. The third-order valence-corrected chi connectivity index (χ3v) is 4.42. The zero-order chi connectivity index (χ0) is 17.8. The Morgan fingerprint density at radius 3 is 2.54 bits per heavy atom. The first-order chi connectivity index (χ1) is 12.8. The molecule has 0 atom stereocenters. The largest absolute Gasteiger partial charge is 0.448 e. The second-order valence-electron chi connectivity index (χ2n) is 5.97. The van der Waals surface area contributed by atoms with Crippen LogP contribution in [0.5, 0.6) is 0 Å². The molecule has 2 N–H and O–H groups in total. The lowest BCUT2D eigenvalue weighted by Crippen LogP contribution is -2.26. The maximum absolute atomic E-state index is 12.0. The first-order valence-electron chi connectivity index (χ1n) is 8.42. The van der Waals surface area contributed by atoms with Gasteiger partial charge in [0.2, 0.25) is 0 Å². The first-order valence-corrected chi connectivity index (χ1v) is 8.42. The number of rotatable bonds is 3. The van der Waals surface area contributed by atoms with Gasteiger partial charge in [-0.1, -0.05) is 48.5 Å². The van der Waals surface area contributed by atoms with Crippen molar-refractivity contribution in [3.8, 4) is 11.1 Å². The molecular weight excluding hydrogens is 328 g/mol. The van der Waals surface area contributed by atoms with Crippen molar-refractivity contribution in [3.05, 3.63) is 72.1 Å². The lowest BCUT2D eigenvalue weighted by molar-refractivity contribution is 0.148. The van der Waals surface area contributed by atoms with Gasteiger partial charge in [0, 0.05) is 18.3 Å². The number of aliphatic imine (C=N–C) groups is 2. The van der Waals surface area contributed by atoms with Crippen molar-refractivity contribution in [1.29, 1.82) is 0 Å². The molecule has 0 saturated carbocycles. The summed E-state index contributed by atoms with van der Waals surface area (Å²) in [5, 5.41) is 5.50. The predicted octanol–water partition coefficient (Wildman–Crippen LogP) is 3.03. The van der Waals surface area contributed by atoms with E-state index in [2.05, 4.69) is 44.9 Å². The zero-order valence-corrected chi connectivity index (χ0v) is 14.1. The van der Waals surface area contributed by atoms with Crippen LogP contribution in [0.1, 0.15) is 17.0 Å². The lowest BCUT2D eigenvalue weighted by Gasteiger charge is -2.13. The smallest absolute Gasteiger partial charge is 0.412 e. The Kier molecular flexibility index (Phi) is 4.47. The van der Waals surface area contributed by atoms with Crippen LogP contribution in [0.3, 0.4) is 0 Å². The Hall–Kier alpha value is -3.41. The SMILES string of the molecule is O=C(NC=NC1=NC=CNC1)OCC1c2ccccc2-c2ccccc21. The Bertz CT molecular complexity index is 872. The fraction of sp³-hybridized carbons (Fsp3) is 0.150. The Morgan fingerprint density at radius 2 is 1.88 bits per heavy atom. The molecule has 0 radical (unpaired) electrons. The normalized spacial score (nSPS) is 15.2. The van der Waals surface area contributed by atoms with Crippen molar-refractivity contribution in [3.63, 3.8) is 0 Å². The van der Waals surface area contributed by atoms with E-state index >= 15 is 0 Å². The number of benzene rings is 2. The molecule has 0 fully saturated rings. The fourth-order valence-electron chi connectivity index (χ4n) is 3.25. The van der Waals surface area contributed by atoms with Crippen LogP contribution in [-0.4, -0.2) is 31.4 Å². The third kappa shape index (κ3) is 3.21. The molecule has 4 rings (SSSR count). The number of nitrogens with one attached hydrogen (secondary N) is 2. The van der Waals surface area contributed by atoms with Crippen LogP contribution in [0.2, 0.25) is 0 Å². The van der Waals surface area contributed by atoms with Crippen molar-refractivity contribution in [1.82, 2.24) is 10.6 Å². The topological polar surface area (TPSA) is 75.1 Å². The summed E-state index contributed by atoms with van der Waals surface area (Å²) in [5.41, 5.74) is 4.78. The number of carbonyl (C=O) groups excluding carboxylic acids is 1. The van der Waals surface area contributed by atoms with Crippen molar-refractivity contribution in [2.75, 3.05) is 13.2 Å². The number of hydrogen-bond acceptors (Lipinski definition) is 5. The minimum atomic E-state index is -0.532. The van der Waals surface area contributed by atoms with Crippen LogP contribution in [0.25, 0.3) is 11.1 Å². The van der Waals surface area contributed by atoms with Crippen LogP contribution < -0.4 is 10.6 Å². The summed E-state index contributed by atoms with van der Waals surface area (Å²) in [5.74, 6) is 0.633. The highest BCUT2D eigenvalue weighted by Crippen LogP contribution is 2.44. The number of hydrogen-bond donors (Lipinski definition) is 2. The van der Waals surface area contributed by atoms with Gasteiger partial charge in [-0.25, -0.2) is 14.8 Å². The number of ether oxygens (including phenoxy) is 1. The molecule has 1 aliphatic heterocycles. The lowest BCUT2D eigenvalue weighted by atomic mass is 9.98. The Labute approximate surface area is 151 Å². The number of fused-ring (bicyclic) bond motifs is 3. The van der Waals surface area contributed by atoms with Gasteiger partial charge in [0.05, 0.1) is 12.9 Å². The molecule has 26 heavy (non-hydrogen) atoms. The number of carbonyl (C=O) groups is 1. The number of nitrogens with zero attached hydrogens (tertiary/aromatic N) is 2. The van der Waals surface area contributed by atoms with E-state index in [1.165, 1.54) is 28.6 Å². The van der Waals surface area contributed by atoms with Gasteiger partial charge in [0.1, 0.15) is 12.4 Å². The molecule has 0 saturated heterocycles. The van der Waals surface area contributed by atoms with Crippen LogP contribution in [0.15, 0.2) is 70.9 Å². The molecule has 0 aromatic heterocycles. The van der Waals surface area contributed by atoms with Crippen LogP contribution in [-0.2, 0) is 4.74 Å². The molecular formula is C20H18N4O2. The molecule has 1 amide bonds. The number of amides is 1. The summed E-state index contributed by atoms with van der Waals surface area (Å²) in [6, 6.07) is 16.5. The van der Waals surface area contributed by atoms with Gasteiger partial charge in [0.25, 0.3) is 0 Å². The highest BCUT2D eigenvalue weighted by molar-refractivity contribution is 5.94. The van der Waals surface area contributed by atoms with E-state index < -0.39 is 6.09 Å². The Balaban J connectivity index is 1.40. The van der Waals surface area contributed by atoms with Gasteiger partial charge in [-0.05, 0) is 22.3 Å². The van der Waals surface area contributed by atoms with Gasteiger partial charge in [-0.3, -0.25) is 5.32 Å². The van der Waals surface area contributed by atoms with E-state index in [1.54, 1.807) is 12.4 Å². The fourth-order valence-corrected chi connectivity index (χ4v) is 3.25. The molecule has 0 unspecified atom stereocenters. The van der Waals surface area contributed by atoms with Crippen LogP contribution in [0.4, 0.5) is 4.79 Å². The molecule has 1 aliphatic carbocycles. The minimum absolute atomic E-state index is 0.0437. The van der Waals surface area contributed by atoms with Crippen LogP contribution >= 0.6 is 0 Å². The molecule has 6 nitrogen and oxygen atoms in total. The van der Waals surface area contributed by atoms with Gasteiger partial charge in [-0.15, -0.1) is 0 Å². The Morgan fingerprint density at radius 1 is 1.19 bits per heavy atom. The van der Waals surface area contributed by atoms with Gasteiger partial charge < -0.3 is 10.1 Å². The summed E-state index contributed by atoms with van der Waals surface area (Å²) < 4.78 is 5.42. The molecule has 0 bridgehead atoms. The number of alkyl carbamates (subject to hydrolysis) is 1. The standard InChI is InChI=1S/C20H18N4O2/c25-20(24-13-23-19-11-21-9-10-22-19)26-12-18-16-7-3-1-5-14(16)15-6-2-4-8-17(15)18/h1-10,13,18,21H,11-12H2,(H,22,23,24,25). The highest BCUT2D eigenvalue weighted by atomic mass is 16.5. The van der Waals surface area contributed by atoms with Gasteiger partial charge in [0.15, 0.2) is 0 Å². The molecule has 2 aromatic rings. The maximum atomic E-state index is 12.0. The summed E-state index contributed by atoms with van der Waals surface area (Å²) in [4.78, 5) is 20.1. The summed E-state index contributed by atoms with van der Waals surface area (Å²) in [6.07, 6.45) is 4.12. The molecule has 130 valence electrons. The van der Waals surface area contributed by atoms with Crippen molar-refractivity contribution in [2.24, 2.45) is 9.98 Å². The van der Waals surface area contributed by atoms with E-state index in [9.17, 15) is 4.79 Å². The van der Waals surface area contributed by atoms with E-state index in [0.717, 1.165) is 0 Å². The quantitative estimate of drug-likeness (QED) is 0.663. The monoisotopic (exact) mass is 346 g/mol. The highest BCUT2D eigenvalue weighted by Gasteiger charge is 2.28. The molecule has 6 heteroatoms. The average molecular weight is 346 g/mol.